The SMILES string of the molecule is Cc1cc(OC2CCCC2)c(CS(=O)(=O)NOC2CCCC2)c(C(=O)O)c1. The number of ether oxygens (including phenoxy) is 1. The number of hydrogen-bond donors (Lipinski definition) is 2. The van der Waals surface area contributed by atoms with Crippen LogP contribution in [0.2, 0.25) is 0 Å². The first-order chi connectivity index (χ1) is 12.8. The van der Waals surface area contributed by atoms with E-state index in [1.165, 1.54) is 6.07 Å². The molecule has 0 heterocycles. The molecule has 0 bridgehead atoms. The van der Waals surface area contributed by atoms with Crippen LogP contribution in [0.3, 0.4) is 0 Å². The average molecular weight is 397 g/mol. The number of rotatable bonds is 8. The summed E-state index contributed by atoms with van der Waals surface area (Å²) in [7, 11) is -3.86. The van der Waals surface area contributed by atoms with E-state index in [-0.39, 0.29) is 23.3 Å². The van der Waals surface area contributed by atoms with Crippen LogP contribution in [0, 0.1) is 6.92 Å². The van der Waals surface area contributed by atoms with E-state index in [9.17, 15) is 18.3 Å². The molecule has 1 aromatic rings. The van der Waals surface area contributed by atoms with Crippen LogP contribution in [0.25, 0.3) is 0 Å². The summed E-state index contributed by atoms with van der Waals surface area (Å²) in [5.41, 5.74) is 0.841. The third-order valence-corrected chi connectivity index (χ3v) is 6.18. The monoisotopic (exact) mass is 397 g/mol. The number of aryl methyl sites for hydroxylation is 1. The van der Waals surface area contributed by atoms with Crippen LogP contribution >= 0.6 is 0 Å². The van der Waals surface area contributed by atoms with Gasteiger partial charge in [-0.05, 0) is 63.1 Å². The van der Waals surface area contributed by atoms with Gasteiger partial charge in [0.1, 0.15) is 5.75 Å². The molecule has 0 saturated heterocycles. The second-order valence-corrected chi connectivity index (χ2v) is 9.17. The van der Waals surface area contributed by atoms with Crippen molar-refractivity contribution in [2.75, 3.05) is 0 Å². The summed E-state index contributed by atoms with van der Waals surface area (Å²) in [4.78, 5) is 19.2. The van der Waals surface area contributed by atoms with Crippen molar-refractivity contribution in [1.82, 2.24) is 4.89 Å². The van der Waals surface area contributed by atoms with Crippen LogP contribution in [0.4, 0.5) is 0 Å². The third kappa shape index (κ3) is 5.43. The van der Waals surface area contributed by atoms with Gasteiger partial charge in [0.25, 0.3) is 0 Å². The quantitative estimate of drug-likeness (QED) is 0.653. The first-order valence-electron chi connectivity index (χ1n) is 9.52. The number of hydrogen-bond acceptors (Lipinski definition) is 5. The van der Waals surface area contributed by atoms with Crippen molar-refractivity contribution < 1.29 is 27.9 Å². The van der Waals surface area contributed by atoms with Gasteiger partial charge >= 0.3 is 5.97 Å². The van der Waals surface area contributed by atoms with E-state index in [0.717, 1.165) is 56.9 Å². The molecule has 0 unspecified atom stereocenters. The van der Waals surface area contributed by atoms with Crippen molar-refractivity contribution in [2.45, 2.75) is 76.3 Å². The fourth-order valence-electron chi connectivity index (χ4n) is 3.78. The van der Waals surface area contributed by atoms with Crippen LogP contribution < -0.4 is 9.62 Å². The van der Waals surface area contributed by atoms with E-state index < -0.39 is 21.7 Å². The van der Waals surface area contributed by atoms with Crippen LogP contribution in [0.15, 0.2) is 12.1 Å². The Kier molecular flexibility index (Phi) is 6.39. The lowest BCUT2D eigenvalue weighted by molar-refractivity contribution is 0.0222. The summed E-state index contributed by atoms with van der Waals surface area (Å²) in [6, 6.07) is 3.19. The molecule has 2 fully saturated rings. The van der Waals surface area contributed by atoms with Gasteiger partial charge in [-0.3, -0.25) is 4.84 Å². The molecular formula is C19H27NO6S. The highest BCUT2D eigenvalue weighted by molar-refractivity contribution is 7.88. The van der Waals surface area contributed by atoms with Crippen LogP contribution in [0.5, 0.6) is 5.75 Å². The minimum absolute atomic E-state index is 0.00223. The lowest BCUT2D eigenvalue weighted by Crippen LogP contribution is -2.30. The number of carbonyl (C=O) groups is 1. The van der Waals surface area contributed by atoms with E-state index in [1.807, 2.05) is 0 Å². The molecule has 8 heteroatoms. The van der Waals surface area contributed by atoms with Crippen LogP contribution in [-0.2, 0) is 20.6 Å². The summed E-state index contributed by atoms with van der Waals surface area (Å²) < 4.78 is 31.0. The van der Waals surface area contributed by atoms with E-state index in [4.69, 9.17) is 9.57 Å². The molecular weight excluding hydrogens is 370 g/mol. The van der Waals surface area contributed by atoms with E-state index in [1.54, 1.807) is 13.0 Å². The second-order valence-electron chi connectivity index (χ2n) is 7.49. The van der Waals surface area contributed by atoms with Gasteiger partial charge < -0.3 is 9.84 Å². The predicted octanol–water partition coefficient (Wildman–Crippen LogP) is 3.31. The van der Waals surface area contributed by atoms with Crippen molar-refractivity contribution in [3.63, 3.8) is 0 Å². The fraction of sp³-hybridized carbons (Fsp3) is 0.632. The zero-order valence-corrected chi connectivity index (χ0v) is 16.4. The molecule has 7 nitrogen and oxygen atoms in total. The van der Waals surface area contributed by atoms with Crippen molar-refractivity contribution in [3.8, 4) is 5.75 Å². The fourth-order valence-corrected chi connectivity index (χ4v) is 4.80. The molecule has 3 rings (SSSR count). The Morgan fingerprint density at radius 2 is 1.70 bits per heavy atom. The summed E-state index contributed by atoms with van der Waals surface area (Å²) in [5.74, 6) is -1.33. The lowest BCUT2D eigenvalue weighted by Gasteiger charge is -2.19. The Hall–Kier alpha value is -1.64. The molecule has 2 N–H and O–H groups in total. The largest absolute Gasteiger partial charge is 0.490 e. The Bertz CT molecular complexity index is 780. The van der Waals surface area contributed by atoms with Gasteiger partial charge in [-0.2, -0.15) is 0 Å². The first kappa shape index (κ1) is 20.1. The smallest absolute Gasteiger partial charge is 0.336 e. The molecule has 2 aliphatic rings. The molecule has 0 amide bonds. The Morgan fingerprint density at radius 3 is 2.30 bits per heavy atom. The molecule has 0 radical (unpaired) electrons. The van der Waals surface area contributed by atoms with Crippen LogP contribution in [0.1, 0.15) is 72.9 Å². The highest BCUT2D eigenvalue weighted by Gasteiger charge is 2.26. The number of carboxylic acid groups (broad SMARTS) is 1. The summed E-state index contributed by atoms with van der Waals surface area (Å²) in [5, 5.41) is 9.57. The average Bonchev–Trinajstić information content (AvgIpc) is 3.28. The zero-order valence-electron chi connectivity index (χ0n) is 15.6. The number of aromatic carboxylic acids is 1. The molecule has 0 atom stereocenters. The molecule has 0 spiro atoms. The second kappa shape index (κ2) is 8.58. The van der Waals surface area contributed by atoms with E-state index in [2.05, 4.69) is 4.89 Å². The Balaban J connectivity index is 1.83. The number of nitrogens with one attached hydrogen (secondary N) is 1. The standard InChI is InChI=1S/C19H27NO6S/c1-13-10-16(19(21)22)17(18(11-13)25-14-6-2-3-7-14)12-27(23,24)20-26-15-8-4-5-9-15/h10-11,14-15,20H,2-9,12H2,1H3,(H,21,22). The van der Waals surface area contributed by atoms with E-state index in [0.29, 0.717) is 5.75 Å². The molecule has 150 valence electrons. The first-order valence-corrected chi connectivity index (χ1v) is 11.2. The summed E-state index contributed by atoms with van der Waals surface area (Å²) in [6.07, 6.45) is 7.48. The van der Waals surface area contributed by atoms with Gasteiger partial charge in [0.15, 0.2) is 0 Å². The number of carboxylic acids is 1. The van der Waals surface area contributed by atoms with Gasteiger partial charge in [-0.25, -0.2) is 13.2 Å². The molecule has 27 heavy (non-hydrogen) atoms. The highest BCUT2D eigenvalue weighted by Crippen LogP contribution is 2.31. The summed E-state index contributed by atoms with van der Waals surface area (Å²) >= 11 is 0. The van der Waals surface area contributed by atoms with Crippen molar-refractivity contribution in [1.29, 1.82) is 0 Å². The van der Waals surface area contributed by atoms with Gasteiger partial charge in [-0.15, -0.1) is 0 Å². The Labute approximate surface area is 160 Å². The normalized spacial score (nSPS) is 18.9. The van der Waals surface area contributed by atoms with Gasteiger partial charge in [0, 0.05) is 5.56 Å². The van der Waals surface area contributed by atoms with E-state index >= 15 is 0 Å². The minimum atomic E-state index is -3.86. The lowest BCUT2D eigenvalue weighted by atomic mass is 10.0. The molecule has 2 saturated carbocycles. The van der Waals surface area contributed by atoms with Crippen molar-refractivity contribution in [2.24, 2.45) is 0 Å². The minimum Gasteiger partial charge on any atom is -0.490 e. The predicted molar refractivity (Wildman–Crippen MR) is 100 cm³/mol. The molecule has 2 aliphatic carbocycles. The van der Waals surface area contributed by atoms with Crippen molar-refractivity contribution >= 4 is 16.0 Å². The maximum Gasteiger partial charge on any atom is 0.336 e. The van der Waals surface area contributed by atoms with Crippen LogP contribution in [-0.4, -0.2) is 31.7 Å². The maximum absolute atomic E-state index is 12.5. The maximum atomic E-state index is 12.5. The highest BCUT2D eigenvalue weighted by atomic mass is 32.2. The third-order valence-electron chi connectivity index (χ3n) is 5.16. The zero-order chi connectivity index (χ0) is 19.4. The molecule has 0 aromatic heterocycles. The Morgan fingerprint density at radius 1 is 1.11 bits per heavy atom. The number of sulfonamides is 1. The van der Waals surface area contributed by atoms with Gasteiger partial charge in [0.05, 0.1) is 23.5 Å². The van der Waals surface area contributed by atoms with Crippen molar-refractivity contribution in [3.05, 3.63) is 28.8 Å². The molecule has 1 aromatic carbocycles. The number of benzene rings is 1. The molecule has 0 aliphatic heterocycles. The summed E-state index contributed by atoms with van der Waals surface area (Å²) in [6.45, 7) is 1.77. The van der Waals surface area contributed by atoms with Gasteiger partial charge in [-0.1, -0.05) is 17.7 Å². The van der Waals surface area contributed by atoms with Gasteiger partial charge in [0.2, 0.25) is 10.0 Å². The topological polar surface area (TPSA) is 102 Å².